The zero-order chi connectivity index (χ0) is 25.2. The summed E-state index contributed by atoms with van der Waals surface area (Å²) in [6.45, 7) is 12.0. The highest BCUT2D eigenvalue weighted by Gasteiger charge is 2.34. The van der Waals surface area contributed by atoms with E-state index in [0.717, 1.165) is 24.0 Å². The van der Waals surface area contributed by atoms with Crippen LogP contribution in [0.2, 0.25) is 0 Å². The second-order valence-corrected chi connectivity index (χ2v) is 11.5. The number of nitrogens with zero attached hydrogens (tertiary/aromatic N) is 2. The molecule has 0 aliphatic carbocycles. The molecule has 2 amide bonds. The molecule has 0 N–H and O–H groups in total. The van der Waals surface area contributed by atoms with Crippen molar-refractivity contribution < 1.29 is 9.59 Å². The van der Waals surface area contributed by atoms with Gasteiger partial charge in [-0.15, -0.1) is 11.3 Å². The van der Waals surface area contributed by atoms with E-state index < -0.39 is 0 Å². The molecular formula is C30H36N2O2S. The Hall–Kier alpha value is -2.92. The third kappa shape index (κ3) is 5.51. The fraction of sp³-hybridized carbons (Fsp3) is 0.400. The van der Waals surface area contributed by atoms with Crippen molar-refractivity contribution >= 4 is 23.2 Å². The van der Waals surface area contributed by atoms with Crippen molar-refractivity contribution in [2.45, 2.75) is 58.9 Å². The third-order valence-electron chi connectivity index (χ3n) is 6.78. The van der Waals surface area contributed by atoms with Gasteiger partial charge in [-0.25, -0.2) is 0 Å². The molecule has 4 rings (SSSR count). The summed E-state index contributed by atoms with van der Waals surface area (Å²) < 4.78 is 0. The van der Waals surface area contributed by atoms with Crippen LogP contribution in [-0.4, -0.2) is 41.2 Å². The van der Waals surface area contributed by atoms with Crippen LogP contribution in [0.5, 0.6) is 0 Å². The molecule has 1 atom stereocenters. The molecule has 2 aromatic carbocycles. The van der Waals surface area contributed by atoms with Gasteiger partial charge in [0, 0.05) is 23.5 Å². The highest BCUT2D eigenvalue weighted by molar-refractivity contribution is 7.10. The SMILES string of the molecule is CCCN(CC(=O)N1CCc2sccc2C1c1ccc(C(C)(C)C)cc1)C(=O)c1ccc(C)cc1. The van der Waals surface area contributed by atoms with E-state index in [1.54, 1.807) is 16.2 Å². The molecule has 1 aliphatic rings. The molecule has 0 fully saturated rings. The van der Waals surface area contributed by atoms with E-state index in [4.69, 9.17) is 0 Å². The van der Waals surface area contributed by atoms with E-state index in [1.807, 2.05) is 43.0 Å². The Morgan fingerprint density at radius 1 is 1.03 bits per heavy atom. The number of thiophene rings is 1. The second-order valence-electron chi connectivity index (χ2n) is 10.5. The molecule has 1 unspecified atom stereocenters. The number of hydrogen-bond acceptors (Lipinski definition) is 3. The molecule has 4 nitrogen and oxygen atoms in total. The average molecular weight is 489 g/mol. The van der Waals surface area contributed by atoms with Crippen LogP contribution in [0.25, 0.3) is 0 Å². The van der Waals surface area contributed by atoms with Gasteiger partial charge in [0.25, 0.3) is 5.91 Å². The van der Waals surface area contributed by atoms with Crippen LogP contribution in [0.4, 0.5) is 0 Å². The number of aryl methyl sites for hydroxylation is 1. The molecule has 0 saturated heterocycles. The van der Waals surface area contributed by atoms with Gasteiger partial charge in [-0.2, -0.15) is 0 Å². The predicted octanol–water partition coefficient (Wildman–Crippen LogP) is 6.38. The van der Waals surface area contributed by atoms with Gasteiger partial charge in [0.15, 0.2) is 0 Å². The van der Waals surface area contributed by atoms with Crippen molar-refractivity contribution in [3.63, 3.8) is 0 Å². The van der Waals surface area contributed by atoms with Gasteiger partial charge in [-0.05, 0) is 65.4 Å². The van der Waals surface area contributed by atoms with Crippen LogP contribution in [0.15, 0.2) is 60.0 Å². The smallest absolute Gasteiger partial charge is 0.254 e. The summed E-state index contributed by atoms with van der Waals surface area (Å²) in [6, 6.07) is 18.3. The first-order valence-electron chi connectivity index (χ1n) is 12.5. The molecule has 1 aliphatic heterocycles. The number of benzene rings is 2. The van der Waals surface area contributed by atoms with Crippen LogP contribution in [-0.2, 0) is 16.6 Å². The lowest BCUT2D eigenvalue weighted by molar-refractivity contribution is -0.134. The minimum atomic E-state index is -0.121. The largest absolute Gasteiger partial charge is 0.330 e. The van der Waals surface area contributed by atoms with Gasteiger partial charge < -0.3 is 9.80 Å². The highest BCUT2D eigenvalue weighted by atomic mass is 32.1. The number of rotatable bonds is 6. The van der Waals surface area contributed by atoms with E-state index in [-0.39, 0.29) is 29.8 Å². The monoisotopic (exact) mass is 488 g/mol. The van der Waals surface area contributed by atoms with Crippen LogP contribution < -0.4 is 0 Å². The summed E-state index contributed by atoms with van der Waals surface area (Å²) in [7, 11) is 0. The van der Waals surface area contributed by atoms with Gasteiger partial charge >= 0.3 is 0 Å². The van der Waals surface area contributed by atoms with E-state index in [1.165, 1.54) is 16.0 Å². The van der Waals surface area contributed by atoms with E-state index in [2.05, 4.69) is 56.5 Å². The zero-order valence-corrected chi connectivity index (χ0v) is 22.3. The first kappa shape index (κ1) is 25.2. The number of hydrogen-bond donors (Lipinski definition) is 0. The third-order valence-corrected chi connectivity index (χ3v) is 7.78. The average Bonchev–Trinajstić information content (AvgIpc) is 3.31. The highest BCUT2D eigenvalue weighted by Crippen LogP contribution is 2.38. The van der Waals surface area contributed by atoms with E-state index in [0.29, 0.717) is 18.7 Å². The zero-order valence-electron chi connectivity index (χ0n) is 21.5. The summed E-state index contributed by atoms with van der Waals surface area (Å²) in [5.74, 6) is -0.0832. The molecular weight excluding hydrogens is 452 g/mol. The molecule has 0 radical (unpaired) electrons. The minimum absolute atomic E-state index is 0.000611. The van der Waals surface area contributed by atoms with Crippen molar-refractivity contribution in [3.05, 3.63) is 92.7 Å². The van der Waals surface area contributed by atoms with Gasteiger partial charge in [-0.3, -0.25) is 9.59 Å². The molecule has 0 saturated carbocycles. The van der Waals surface area contributed by atoms with Crippen molar-refractivity contribution in [2.24, 2.45) is 0 Å². The summed E-state index contributed by atoms with van der Waals surface area (Å²) in [6.07, 6.45) is 1.66. The fourth-order valence-corrected chi connectivity index (χ4v) is 5.67. The Balaban J connectivity index is 1.61. The lowest BCUT2D eigenvalue weighted by atomic mass is 9.85. The Morgan fingerprint density at radius 2 is 1.71 bits per heavy atom. The van der Waals surface area contributed by atoms with Crippen LogP contribution in [0.3, 0.4) is 0 Å². The van der Waals surface area contributed by atoms with Crippen molar-refractivity contribution in [2.75, 3.05) is 19.6 Å². The number of carbonyl (C=O) groups excluding carboxylic acids is 2. The summed E-state index contributed by atoms with van der Waals surface area (Å²) >= 11 is 1.77. The maximum Gasteiger partial charge on any atom is 0.254 e. The number of carbonyl (C=O) groups is 2. The van der Waals surface area contributed by atoms with E-state index in [9.17, 15) is 9.59 Å². The van der Waals surface area contributed by atoms with Crippen LogP contribution >= 0.6 is 11.3 Å². The van der Waals surface area contributed by atoms with Gasteiger partial charge in [0.05, 0.1) is 6.04 Å². The molecule has 184 valence electrons. The lowest BCUT2D eigenvalue weighted by Crippen LogP contribution is -2.47. The number of fused-ring (bicyclic) bond motifs is 1. The normalized spacial score (nSPS) is 15.6. The summed E-state index contributed by atoms with van der Waals surface area (Å²) in [4.78, 5) is 32.0. The summed E-state index contributed by atoms with van der Waals surface area (Å²) in [5.41, 5.74) is 5.43. The minimum Gasteiger partial charge on any atom is -0.330 e. The molecule has 0 bridgehead atoms. The standard InChI is InChI=1S/C30H36N2O2S/c1-6-17-31(29(34)23-9-7-21(2)8-10-23)20-27(33)32-18-15-26-25(16-19-35-26)28(32)22-11-13-24(14-12-22)30(3,4)5/h7-14,16,19,28H,6,15,17-18,20H2,1-5H3. The fourth-order valence-electron chi connectivity index (χ4n) is 4.77. The molecule has 5 heteroatoms. The molecule has 2 heterocycles. The predicted molar refractivity (Wildman–Crippen MR) is 144 cm³/mol. The number of amides is 2. The van der Waals surface area contributed by atoms with Crippen LogP contribution in [0.1, 0.15) is 77.6 Å². The topological polar surface area (TPSA) is 40.6 Å². The second kappa shape index (κ2) is 10.4. The Labute approximate surface area is 213 Å². The molecule has 0 spiro atoms. The maximum absolute atomic E-state index is 13.8. The van der Waals surface area contributed by atoms with Gasteiger partial charge in [0.2, 0.25) is 5.91 Å². The molecule has 35 heavy (non-hydrogen) atoms. The van der Waals surface area contributed by atoms with Crippen molar-refractivity contribution in [1.82, 2.24) is 9.80 Å². The van der Waals surface area contributed by atoms with Crippen molar-refractivity contribution in [3.8, 4) is 0 Å². The first-order chi connectivity index (χ1) is 16.7. The maximum atomic E-state index is 13.8. The van der Waals surface area contributed by atoms with Gasteiger partial charge in [-0.1, -0.05) is 69.7 Å². The molecule has 3 aromatic rings. The molecule has 1 aromatic heterocycles. The Morgan fingerprint density at radius 3 is 2.34 bits per heavy atom. The Kier molecular flexibility index (Phi) is 7.46. The van der Waals surface area contributed by atoms with E-state index >= 15 is 0 Å². The first-order valence-corrected chi connectivity index (χ1v) is 13.4. The Bertz CT molecular complexity index is 1170. The van der Waals surface area contributed by atoms with Gasteiger partial charge in [0.1, 0.15) is 6.54 Å². The lowest BCUT2D eigenvalue weighted by Gasteiger charge is -2.38. The quantitative estimate of drug-likeness (QED) is 0.404. The van der Waals surface area contributed by atoms with Crippen LogP contribution in [0, 0.1) is 6.92 Å². The summed E-state index contributed by atoms with van der Waals surface area (Å²) in [5, 5.41) is 2.12. The van der Waals surface area contributed by atoms with Crippen molar-refractivity contribution in [1.29, 1.82) is 0 Å².